The Morgan fingerprint density at radius 3 is 2.79 bits per heavy atom. The molecular formula is C19H21FN4O3S. The summed E-state index contributed by atoms with van der Waals surface area (Å²) in [6, 6.07) is 1.44. The summed E-state index contributed by atoms with van der Waals surface area (Å²) < 4.78 is 25.6. The number of hydrogen-bond donors (Lipinski definition) is 2. The number of fused-ring (bicyclic) bond motifs is 2. The lowest BCUT2D eigenvalue weighted by molar-refractivity contribution is 0.414. The largest absolute Gasteiger partial charge is 0.492 e. The van der Waals surface area contributed by atoms with Crippen LogP contribution < -0.4 is 26.4 Å². The van der Waals surface area contributed by atoms with E-state index in [0.717, 1.165) is 30.8 Å². The van der Waals surface area contributed by atoms with E-state index < -0.39 is 16.8 Å². The predicted octanol–water partition coefficient (Wildman–Crippen LogP) is 2.17. The standard InChI is InChI=1S/C19H21FN4O3S/c1-27-17-14-11(6-12(20)15(17)23-5-4-9(7-21)8-23)16(25)13-18(26)22-28-19(13)24(14)10-2-3-10/h6,9-10H,2-5,7-8,21H2,1H3,(H,22,26)/t9-/m0/s1. The molecule has 0 unspecified atom stereocenters. The average Bonchev–Trinajstić information content (AvgIpc) is 3.28. The lowest BCUT2D eigenvalue weighted by Gasteiger charge is -2.24. The zero-order valence-corrected chi connectivity index (χ0v) is 16.3. The van der Waals surface area contributed by atoms with Crippen LogP contribution in [-0.2, 0) is 0 Å². The third kappa shape index (κ3) is 2.42. The van der Waals surface area contributed by atoms with Crippen LogP contribution in [0, 0.1) is 11.7 Å². The molecule has 1 atom stereocenters. The van der Waals surface area contributed by atoms with E-state index in [0.29, 0.717) is 47.3 Å². The molecule has 3 heterocycles. The van der Waals surface area contributed by atoms with Gasteiger partial charge in [0.1, 0.15) is 15.9 Å². The van der Waals surface area contributed by atoms with E-state index in [9.17, 15) is 9.59 Å². The highest BCUT2D eigenvalue weighted by Crippen LogP contribution is 2.46. The Morgan fingerprint density at radius 2 is 2.14 bits per heavy atom. The van der Waals surface area contributed by atoms with E-state index in [1.807, 2.05) is 9.47 Å². The van der Waals surface area contributed by atoms with Crippen molar-refractivity contribution >= 4 is 38.3 Å². The predicted molar refractivity (Wildman–Crippen MR) is 108 cm³/mol. The molecule has 7 nitrogen and oxygen atoms in total. The Balaban J connectivity index is 1.89. The Kier molecular flexibility index (Phi) is 3.99. The van der Waals surface area contributed by atoms with E-state index in [2.05, 4.69) is 4.37 Å². The molecule has 1 aromatic carbocycles. The molecule has 2 aromatic heterocycles. The van der Waals surface area contributed by atoms with E-state index in [1.165, 1.54) is 13.2 Å². The quantitative estimate of drug-likeness (QED) is 0.695. The first-order valence-corrected chi connectivity index (χ1v) is 10.3. The van der Waals surface area contributed by atoms with Gasteiger partial charge < -0.3 is 19.9 Å². The second-order valence-corrected chi connectivity index (χ2v) is 8.41. The number of ether oxygens (including phenoxy) is 1. The van der Waals surface area contributed by atoms with Crippen LogP contribution in [0.25, 0.3) is 21.1 Å². The van der Waals surface area contributed by atoms with Crippen molar-refractivity contribution in [3.05, 3.63) is 32.5 Å². The van der Waals surface area contributed by atoms with Crippen molar-refractivity contribution < 1.29 is 9.13 Å². The van der Waals surface area contributed by atoms with Crippen molar-refractivity contribution in [3.63, 3.8) is 0 Å². The summed E-state index contributed by atoms with van der Waals surface area (Å²) in [4.78, 5) is 27.8. The van der Waals surface area contributed by atoms with Gasteiger partial charge in [-0.05, 0) is 49.3 Å². The number of rotatable bonds is 4. The van der Waals surface area contributed by atoms with Gasteiger partial charge in [-0.25, -0.2) is 4.39 Å². The lowest BCUT2D eigenvalue weighted by atomic mass is 10.1. The smallest absolute Gasteiger partial charge is 0.271 e. The molecule has 28 heavy (non-hydrogen) atoms. The molecule has 3 aromatic rings. The van der Waals surface area contributed by atoms with Crippen molar-refractivity contribution in [1.29, 1.82) is 0 Å². The molecule has 0 spiro atoms. The second-order valence-electron chi connectivity index (χ2n) is 7.62. The van der Waals surface area contributed by atoms with Crippen LogP contribution in [0.4, 0.5) is 10.1 Å². The summed E-state index contributed by atoms with van der Waals surface area (Å²) in [7, 11) is 1.50. The fraction of sp³-hybridized carbons (Fsp3) is 0.474. The minimum absolute atomic E-state index is 0.1000. The van der Waals surface area contributed by atoms with Gasteiger partial charge in [0.15, 0.2) is 11.6 Å². The lowest BCUT2D eigenvalue weighted by Crippen LogP contribution is -2.25. The van der Waals surface area contributed by atoms with Gasteiger partial charge >= 0.3 is 0 Å². The topological polar surface area (TPSA) is 93.3 Å². The number of aromatic amines is 1. The van der Waals surface area contributed by atoms with E-state index in [4.69, 9.17) is 10.5 Å². The van der Waals surface area contributed by atoms with Gasteiger partial charge in [-0.2, -0.15) is 0 Å². The maximum atomic E-state index is 15.2. The number of nitrogens with two attached hydrogens (primary N) is 1. The highest BCUT2D eigenvalue weighted by atomic mass is 32.1. The van der Waals surface area contributed by atoms with E-state index >= 15 is 4.39 Å². The highest BCUT2D eigenvalue weighted by Gasteiger charge is 2.34. The third-order valence-electron chi connectivity index (χ3n) is 5.85. The van der Waals surface area contributed by atoms with Crippen LogP contribution in [0.3, 0.4) is 0 Å². The molecule has 1 saturated heterocycles. The monoisotopic (exact) mass is 404 g/mol. The van der Waals surface area contributed by atoms with Crippen molar-refractivity contribution in [2.75, 3.05) is 31.6 Å². The van der Waals surface area contributed by atoms with Crippen molar-refractivity contribution in [3.8, 4) is 5.75 Å². The number of halogens is 1. The average molecular weight is 404 g/mol. The zero-order valence-electron chi connectivity index (χ0n) is 15.5. The van der Waals surface area contributed by atoms with Gasteiger partial charge in [0.25, 0.3) is 5.56 Å². The number of nitrogens with zero attached hydrogens (tertiary/aromatic N) is 2. The molecule has 2 fully saturated rings. The molecule has 0 amide bonds. The summed E-state index contributed by atoms with van der Waals surface area (Å²) in [6.45, 7) is 1.90. The number of aromatic nitrogens is 2. The Bertz CT molecular complexity index is 1210. The molecule has 1 aliphatic carbocycles. The fourth-order valence-corrected chi connectivity index (χ4v) is 5.23. The van der Waals surface area contributed by atoms with Crippen LogP contribution in [0.15, 0.2) is 15.7 Å². The molecule has 1 aliphatic heterocycles. The number of anilines is 1. The summed E-state index contributed by atoms with van der Waals surface area (Å²) in [6.07, 6.45) is 2.80. The molecule has 5 rings (SSSR count). The summed E-state index contributed by atoms with van der Waals surface area (Å²) in [5.41, 5.74) is 5.88. The minimum atomic E-state index is -0.507. The van der Waals surface area contributed by atoms with Gasteiger partial charge in [0, 0.05) is 19.1 Å². The number of hydrogen-bond acceptors (Lipinski definition) is 6. The third-order valence-corrected chi connectivity index (χ3v) is 6.73. The van der Waals surface area contributed by atoms with Crippen LogP contribution in [0.5, 0.6) is 5.75 Å². The Labute approximate surface area is 163 Å². The first kappa shape index (κ1) is 17.7. The molecule has 2 aliphatic rings. The number of nitrogens with one attached hydrogen (secondary N) is 1. The van der Waals surface area contributed by atoms with Crippen LogP contribution >= 0.6 is 11.5 Å². The molecule has 0 bridgehead atoms. The minimum Gasteiger partial charge on any atom is -0.492 e. The van der Waals surface area contributed by atoms with E-state index in [1.54, 1.807) is 0 Å². The van der Waals surface area contributed by atoms with Gasteiger partial charge in [-0.1, -0.05) is 0 Å². The summed E-state index contributed by atoms with van der Waals surface area (Å²) in [5.74, 6) is 0.162. The van der Waals surface area contributed by atoms with Crippen LogP contribution in [-0.4, -0.2) is 35.7 Å². The SMILES string of the molecule is COc1c(N2CC[C@@H](CN)C2)c(F)cc2c(=O)c3c(=O)[nH]sc3n(C3CC3)c12. The first-order chi connectivity index (χ1) is 13.5. The molecular weight excluding hydrogens is 383 g/mol. The van der Waals surface area contributed by atoms with Crippen molar-refractivity contribution in [2.24, 2.45) is 11.7 Å². The van der Waals surface area contributed by atoms with Gasteiger partial charge in [-0.15, -0.1) is 0 Å². The van der Waals surface area contributed by atoms with Crippen molar-refractivity contribution in [2.45, 2.75) is 25.3 Å². The second kappa shape index (κ2) is 6.31. The molecule has 9 heteroatoms. The number of benzene rings is 1. The van der Waals surface area contributed by atoms with E-state index in [-0.39, 0.29) is 16.8 Å². The maximum absolute atomic E-state index is 15.2. The van der Waals surface area contributed by atoms with Gasteiger partial charge in [0.2, 0.25) is 5.43 Å². The van der Waals surface area contributed by atoms with Gasteiger partial charge in [0.05, 0.1) is 18.0 Å². The maximum Gasteiger partial charge on any atom is 0.271 e. The fourth-order valence-electron chi connectivity index (χ4n) is 4.32. The number of H-pyrrole nitrogens is 1. The first-order valence-electron chi connectivity index (χ1n) is 9.46. The van der Waals surface area contributed by atoms with Crippen LogP contribution in [0.2, 0.25) is 0 Å². The molecule has 148 valence electrons. The van der Waals surface area contributed by atoms with Crippen molar-refractivity contribution in [1.82, 2.24) is 8.94 Å². The summed E-state index contributed by atoms with van der Waals surface area (Å²) >= 11 is 1.15. The number of methoxy groups -OCH3 is 1. The normalized spacial score (nSPS) is 19.8. The Morgan fingerprint density at radius 1 is 1.36 bits per heavy atom. The molecule has 3 N–H and O–H groups in total. The molecule has 1 saturated carbocycles. The zero-order chi connectivity index (χ0) is 19.6. The van der Waals surface area contributed by atoms with Gasteiger partial charge in [-0.3, -0.25) is 14.0 Å². The summed E-state index contributed by atoms with van der Waals surface area (Å²) in [5, 5.41) is 0.291. The Hall–Kier alpha value is -2.39. The molecule has 0 radical (unpaired) electrons. The van der Waals surface area contributed by atoms with Crippen LogP contribution in [0.1, 0.15) is 25.3 Å². The highest BCUT2D eigenvalue weighted by molar-refractivity contribution is 7.12. The number of pyridine rings is 1.